The van der Waals surface area contributed by atoms with E-state index in [4.69, 9.17) is 0 Å². The van der Waals surface area contributed by atoms with E-state index >= 15 is 0 Å². The Balaban J connectivity index is 3.17. The summed E-state index contributed by atoms with van der Waals surface area (Å²) < 4.78 is 0. The molecule has 2 heteroatoms. The minimum Gasteiger partial charge on any atom is -0.297 e. The minimum absolute atomic E-state index is 0.243. The number of carbonyl (C=O) groups excluding carboxylic acids is 1. The summed E-state index contributed by atoms with van der Waals surface area (Å²) in [5.74, 6) is 0.243. The van der Waals surface area contributed by atoms with Crippen LogP contribution >= 0.6 is 0 Å². The van der Waals surface area contributed by atoms with Crippen LogP contribution in [0.3, 0.4) is 0 Å². The minimum atomic E-state index is -0.369. The molecular weight excluding hydrogens is 222 g/mol. The Labute approximate surface area is 111 Å². The maximum atomic E-state index is 12.8. The number of hydrogen-bond acceptors (Lipinski definition) is 2. The molecule has 0 heterocycles. The number of carbonyl (C=O) groups is 1. The summed E-state index contributed by atoms with van der Waals surface area (Å²) in [5.41, 5.74) is 1.69. The summed E-state index contributed by atoms with van der Waals surface area (Å²) >= 11 is 0. The molecule has 1 aromatic carbocycles. The predicted octanol–water partition coefficient (Wildman–Crippen LogP) is 3.55. The van der Waals surface area contributed by atoms with Crippen LogP contribution in [-0.2, 0) is 6.42 Å². The smallest absolute Gasteiger partial charge is 0.183 e. The molecule has 0 aliphatic carbocycles. The van der Waals surface area contributed by atoms with Crippen molar-refractivity contribution in [1.29, 1.82) is 0 Å². The highest BCUT2D eigenvalue weighted by molar-refractivity contribution is 6.03. The van der Waals surface area contributed by atoms with Gasteiger partial charge >= 0.3 is 0 Å². The van der Waals surface area contributed by atoms with Gasteiger partial charge in [-0.15, -0.1) is 0 Å². The SMILES string of the molecule is CCc1cccc(C(=O)C(CC)(CC)N(C)C)c1. The predicted molar refractivity (Wildman–Crippen MR) is 77.2 cm³/mol. The fourth-order valence-electron chi connectivity index (χ4n) is 2.61. The zero-order valence-corrected chi connectivity index (χ0v) is 12.3. The normalized spacial score (nSPS) is 11.9. The van der Waals surface area contributed by atoms with Crippen LogP contribution in [-0.4, -0.2) is 30.3 Å². The van der Waals surface area contributed by atoms with Gasteiger partial charge in [0.1, 0.15) is 0 Å². The van der Waals surface area contributed by atoms with Gasteiger partial charge < -0.3 is 0 Å². The van der Waals surface area contributed by atoms with Gasteiger partial charge in [0.25, 0.3) is 0 Å². The van der Waals surface area contributed by atoms with E-state index in [1.165, 1.54) is 5.56 Å². The lowest BCUT2D eigenvalue weighted by atomic mass is 9.83. The molecule has 0 aliphatic rings. The van der Waals surface area contributed by atoms with Crippen molar-refractivity contribution < 1.29 is 4.79 Å². The summed E-state index contributed by atoms with van der Waals surface area (Å²) in [7, 11) is 3.99. The van der Waals surface area contributed by atoms with Crippen molar-refractivity contribution in [1.82, 2.24) is 4.90 Å². The maximum absolute atomic E-state index is 12.8. The highest BCUT2D eigenvalue weighted by Crippen LogP contribution is 2.26. The van der Waals surface area contributed by atoms with Crippen LogP contribution < -0.4 is 0 Å². The van der Waals surface area contributed by atoms with E-state index < -0.39 is 0 Å². The fourth-order valence-corrected chi connectivity index (χ4v) is 2.61. The molecule has 1 rings (SSSR count). The van der Waals surface area contributed by atoms with Gasteiger partial charge in [-0.1, -0.05) is 39.0 Å². The van der Waals surface area contributed by atoms with Crippen molar-refractivity contribution in [2.75, 3.05) is 14.1 Å². The topological polar surface area (TPSA) is 20.3 Å². The first kappa shape index (κ1) is 14.9. The first-order valence-electron chi connectivity index (χ1n) is 6.83. The van der Waals surface area contributed by atoms with Gasteiger partial charge in [-0.05, 0) is 45.0 Å². The lowest BCUT2D eigenvalue weighted by Gasteiger charge is -2.37. The van der Waals surface area contributed by atoms with Gasteiger partial charge in [-0.2, -0.15) is 0 Å². The summed E-state index contributed by atoms with van der Waals surface area (Å²) in [6.07, 6.45) is 2.64. The summed E-state index contributed by atoms with van der Waals surface area (Å²) in [6.45, 7) is 6.29. The van der Waals surface area contributed by atoms with E-state index in [-0.39, 0.29) is 11.3 Å². The Bertz CT molecular complexity index is 405. The number of likely N-dealkylation sites (N-methyl/N-ethyl adjacent to an activating group) is 1. The summed E-state index contributed by atoms with van der Waals surface area (Å²) in [5, 5.41) is 0. The number of hydrogen-bond donors (Lipinski definition) is 0. The van der Waals surface area contributed by atoms with Gasteiger partial charge in [-0.25, -0.2) is 0 Å². The molecule has 0 atom stereocenters. The molecule has 100 valence electrons. The highest BCUT2D eigenvalue weighted by Gasteiger charge is 2.37. The molecule has 0 aromatic heterocycles. The van der Waals surface area contributed by atoms with Crippen LogP contribution in [0.15, 0.2) is 24.3 Å². The van der Waals surface area contributed by atoms with Gasteiger partial charge in [0.15, 0.2) is 5.78 Å². The Hall–Kier alpha value is -1.15. The molecule has 0 saturated carbocycles. The third-order valence-electron chi connectivity index (χ3n) is 4.05. The Morgan fingerprint density at radius 3 is 2.22 bits per heavy atom. The summed E-state index contributed by atoms with van der Waals surface area (Å²) in [4.78, 5) is 14.9. The van der Waals surface area contributed by atoms with Crippen LogP contribution in [0.25, 0.3) is 0 Å². The van der Waals surface area contributed by atoms with Crippen LogP contribution in [0.1, 0.15) is 49.5 Å². The standard InChI is InChI=1S/C16H25NO/c1-6-13-10-9-11-14(12-13)15(18)16(7-2,8-3)17(4)5/h9-12H,6-8H2,1-5H3. The van der Waals surface area contributed by atoms with Crippen molar-refractivity contribution in [2.24, 2.45) is 0 Å². The number of rotatable bonds is 6. The van der Waals surface area contributed by atoms with Crippen molar-refractivity contribution in [3.63, 3.8) is 0 Å². The van der Waals surface area contributed by atoms with E-state index in [9.17, 15) is 4.79 Å². The Morgan fingerprint density at radius 2 is 1.78 bits per heavy atom. The molecule has 0 unspecified atom stereocenters. The first-order chi connectivity index (χ1) is 8.51. The second-order valence-corrected chi connectivity index (χ2v) is 5.02. The van der Waals surface area contributed by atoms with Crippen LogP contribution in [0, 0.1) is 0 Å². The van der Waals surface area contributed by atoms with Crippen molar-refractivity contribution in [3.8, 4) is 0 Å². The first-order valence-corrected chi connectivity index (χ1v) is 6.83. The Kier molecular flexibility index (Phi) is 5.09. The van der Waals surface area contributed by atoms with E-state index in [0.717, 1.165) is 24.8 Å². The quantitative estimate of drug-likeness (QED) is 0.716. The van der Waals surface area contributed by atoms with Gasteiger partial charge in [0, 0.05) is 5.56 Å². The molecule has 0 amide bonds. The molecule has 0 bridgehead atoms. The third-order valence-corrected chi connectivity index (χ3v) is 4.05. The second-order valence-electron chi connectivity index (χ2n) is 5.02. The van der Waals surface area contributed by atoms with Gasteiger partial charge in [-0.3, -0.25) is 9.69 Å². The van der Waals surface area contributed by atoms with Crippen molar-refractivity contribution in [2.45, 2.75) is 45.6 Å². The number of benzene rings is 1. The van der Waals surface area contributed by atoms with Crippen LogP contribution in [0.2, 0.25) is 0 Å². The van der Waals surface area contributed by atoms with Crippen molar-refractivity contribution in [3.05, 3.63) is 35.4 Å². The molecule has 0 N–H and O–H groups in total. The zero-order chi connectivity index (χ0) is 13.8. The third kappa shape index (κ3) is 2.64. The molecule has 0 radical (unpaired) electrons. The number of ketones is 1. The number of Topliss-reactive ketones (excluding diaryl/α,β-unsaturated/α-hetero) is 1. The fraction of sp³-hybridized carbons (Fsp3) is 0.562. The average Bonchev–Trinajstić information content (AvgIpc) is 2.40. The number of nitrogens with zero attached hydrogens (tertiary/aromatic N) is 1. The highest BCUT2D eigenvalue weighted by atomic mass is 16.1. The molecular formula is C16H25NO. The molecule has 0 fully saturated rings. The van der Waals surface area contributed by atoms with Crippen molar-refractivity contribution >= 4 is 5.78 Å². The molecule has 2 nitrogen and oxygen atoms in total. The lowest BCUT2D eigenvalue weighted by molar-refractivity contribution is 0.0656. The van der Waals surface area contributed by atoms with E-state index in [2.05, 4.69) is 31.7 Å². The largest absolute Gasteiger partial charge is 0.297 e. The lowest BCUT2D eigenvalue weighted by Crippen LogP contribution is -2.50. The monoisotopic (exact) mass is 247 g/mol. The molecule has 0 aliphatic heterocycles. The van der Waals surface area contributed by atoms with E-state index in [0.29, 0.717) is 0 Å². The Morgan fingerprint density at radius 1 is 1.17 bits per heavy atom. The maximum Gasteiger partial charge on any atom is 0.183 e. The zero-order valence-electron chi connectivity index (χ0n) is 12.3. The molecule has 18 heavy (non-hydrogen) atoms. The van der Waals surface area contributed by atoms with E-state index in [1.807, 2.05) is 32.3 Å². The number of aryl methyl sites for hydroxylation is 1. The van der Waals surface area contributed by atoms with Gasteiger partial charge in [0.2, 0.25) is 0 Å². The van der Waals surface area contributed by atoms with Crippen LogP contribution in [0.5, 0.6) is 0 Å². The van der Waals surface area contributed by atoms with E-state index in [1.54, 1.807) is 0 Å². The van der Waals surface area contributed by atoms with Gasteiger partial charge in [0.05, 0.1) is 5.54 Å². The average molecular weight is 247 g/mol. The second kappa shape index (κ2) is 6.14. The molecule has 1 aromatic rings. The molecule has 0 saturated heterocycles. The molecule has 0 spiro atoms. The van der Waals surface area contributed by atoms with Crippen LogP contribution in [0.4, 0.5) is 0 Å². The summed E-state index contributed by atoms with van der Waals surface area (Å²) in [6, 6.07) is 8.03.